The zero-order valence-corrected chi connectivity index (χ0v) is 14.8. The van der Waals surface area contributed by atoms with Gasteiger partial charge in [0, 0.05) is 10.0 Å². The average Bonchev–Trinajstić information content (AvgIpc) is 2.83. The van der Waals surface area contributed by atoms with Crippen LogP contribution in [-0.4, -0.2) is 19.0 Å². The third-order valence-corrected chi connectivity index (χ3v) is 4.96. The SMILES string of the molecule is Cc1nsc2ncn(CC(C)(O)c3ccc(Br)cc3F)c(=O)c12. The molecule has 0 aliphatic heterocycles. The third-order valence-electron chi connectivity index (χ3n) is 3.62. The molecule has 0 fully saturated rings. The summed E-state index contributed by atoms with van der Waals surface area (Å²) in [5.41, 5.74) is -1.13. The number of hydrogen-bond donors (Lipinski definition) is 1. The normalized spacial score (nSPS) is 14.1. The van der Waals surface area contributed by atoms with Gasteiger partial charge >= 0.3 is 0 Å². The highest BCUT2D eigenvalue weighted by atomic mass is 79.9. The molecular weight excluding hydrogens is 385 g/mol. The van der Waals surface area contributed by atoms with E-state index in [9.17, 15) is 14.3 Å². The van der Waals surface area contributed by atoms with Crippen LogP contribution in [0.1, 0.15) is 18.2 Å². The van der Waals surface area contributed by atoms with E-state index in [0.29, 0.717) is 20.4 Å². The van der Waals surface area contributed by atoms with Gasteiger partial charge in [-0.3, -0.25) is 9.36 Å². The summed E-state index contributed by atoms with van der Waals surface area (Å²) >= 11 is 4.33. The van der Waals surface area contributed by atoms with Crippen molar-refractivity contribution in [3.05, 3.63) is 56.4 Å². The van der Waals surface area contributed by atoms with Crippen LogP contribution in [0.25, 0.3) is 10.2 Å². The van der Waals surface area contributed by atoms with Crippen LogP contribution < -0.4 is 5.56 Å². The van der Waals surface area contributed by atoms with Crippen molar-refractivity contribution in [2.24, 2.45) is 0 Å². The molecule has 2 heterocycles. The van der Waals surface area contributed by atoms with Crippen LogP contribution in [0.15, 0.2) is 33.8 Å². The van der Waals surface area contributed by atoms with Crippen LogP contribution in [0.5, 0.6) is 0 Å². The summed E-state index contributed by atoms with van der Waals surface area (Å²) in [5.74, 6) is -0.542. The molecule has 0 aliphatic carbocycles. The maximum Gasteiger partial charge on any atom is 0.264 e. The number of fused-ring (bicyclic) bond motifs is 1. The third kappa shape index (κ3) is 2.93. The Hall–Kier alpha value is -1.64. The van der Waals surface area contributed by atoms with Gasteiger partial charge in [0.1, 0.15) is 11.4 Å². The van der Waals surface area contributed by atoms with E-state index in [2.05, 4.69) is 25.3 Å². The number of aliphatic hydroxyl groups is 1. The van der Waals surface area contributed by atoms with Crippen LogP contribution in [0, 0.1) is 12.7 Å². The molecule has 1 unspecified atom stereocenters. The van der Waals surface area contributed by atoms with Crippen molar-refractivity contribution in [2.45, 2.75) is 26.0 Å². The number of nitrogens with zero attached hydrogens (tertiary/aromatic N) is 3. The van der Waals surface area contributed by atoms with Crippen molar-refractivity contribution in [2.75, 3.05) is 0 Å². The fourth-order valence-corrected chi connectivity index (χ4v) is 3.53. The fourth-order valence-electron chi connectivity index (χ4n) is 2.47. The summed E-state index contributed by atoms with van der Waals surface area (Å²) in [4.78, 5) is 17.3. The Morgan fingerprint density at radius 1 is 1.48 bits per heavy atom. The van der Waals surface area contributed by atoms with Gasteiger partial charge in [0.2, 0.25) is 0 Å². The van der Waals surface area contributed by atoms with E-state index in [1.54, 1.807) is 13.0 Å². The fraction of sp³-hybridized carbons (Fsp3) is 0.267. The van der Waals surface area contributed by atoms with Gasteiger partial charge in [-0.05, 0) is 37.5 Å². The van der Waals surface area contributed by atoms with Crippen molar-refractivity contribution in [3.63, 3.8) is 0 Å². The van der Waals surface area contributed by atoms with E-state index < -0.39 is 11.4 Å². The van der Waals surface area contributed by atoms with Gasteiger partial charge in [-0.2, -0.15) is 4.37 Å². The van der Waals surface area contributed by atoms with E-state index in [4.69, 9.17) is 0 Å². The first-order valence-electron chi connectivity index (χ1n) is 6.79. The molecule has 3 rings (SSSR count). The van der Waals surface area contributed by atoms with Gasteiger partial charge in [0.25, 0.3) is 5.56 Å². The van der Waals surface area contributed by atoms with E-state index in [0.717, 1.165) is 11.5 Å². The molecule has 3 aromatic rings. The molecule has 0 spiro atoms. The first-order chi connectivity index (χ1) is 10.8. The zero-order valence-electron chi connectivity index (χ0n) is 12.4. The molecular formula is C15H13BrFN3O2S. The van der Waals surface area contributed by atoms with Gasteiger partial charge < -0.3 is 5.11 Å². The van der Waals surface area contributed by atoms with Crippen molar-refractivity contribution < 1.29 is 9.50 Å². The number of benzene rings is 1. The first-order valence-corrected chi connectivity index (χ1v) is 8.35. The summed E-state index contributed by atoms with van der Waals surface area (Å²) in [5, 5.41) is 11.1. The van der Waals surface area contributed by atoms with Crippen molar-refractivity contribution in [1.29, 1.82) is 0 Å². The standard InChI is InChI=1S/C15H13BrFN3O2S/c1-8-12-13(23-19-8)18-7-20(14(12)21)6-15(2,22)10-4-3-9(16)5-11(10)17/h3-5,7,22H,6H2,1-2H3. The highest BCUT2D eigenvalue weighted by Gasteiger charge is 2.28. The number of rotatable bonds is 3. The lowest BCUT2D eigenvalue weighted by molar-refractivity contribution is 0.0335. The van der Waals surface area contributed by atoms with Crippen LogP contribution in [0.2, 0.25) is 0 Å². The quantitative estimate of drug-likeness (QED) is 0.737. The Kier molecular flexibility index (Phi) is 4.07. The van der Waals surface area contributed by atoms with Gasteiger partial charge in [0.15, 0.2) is 4.83 Å². The molecule has 0 aliphatic rings. The Balaban J connectivity index is 2.05. The number of halogens is 2. The second-order valence-electron chi connectivity index (χ2n) is 5.52. The molecule has 1 N–H and O–H groups in total. The van der Waals surface area contributed by atoms with Gasteiger partial charge in [-0.25, -0.2) is 9.37 Å². The number of aryl methyl sites for hydroxylation is 1. The van der Waals surface area contributed by atoms with Crippen LogP contribution in [-0.2, 0) is 12.1 Å². The van der Waals surface area contributed by atoms with E-state index in [1.165, 1.54) is 30.0 Å². The molecule has 0 radical (unpaired) electrons. The second kappa shape index (κ2) is 5.77. The molecule has 0 saturated carbocycles. The Bertz CT molecular complexity index is 952. The molecule has 8 heteroatoms. The summed E-state index contributed by atoms with van der Waals surface area (Å²) < 4.78 is 20.1. The lowest BCUT2D eigenvalue weighted by atomic mass is 9.95. The van der Waals surface area contributed by atoms with E-state index in [-0.39, 0.29) is 17.7 Å². The maximum atomic E-state index is 14.1. The molecule has 23 heavy (non-hydrogen) atoms. The molecule has 0 saturated heterocycles. The average molecular weight is 398 g/mol. The largest absolute Gasteiger partial charge is 0.383 e. The molecule has 120 valence electrons. The van der Waals surface area contributed by atoms with Crippen LogP contribution in [0.3, 0.4) is 0 Å². The Morgan fingerprint density at radius 3 is 2.91 bits per heavy atom. The van der Waals surface area contributed by atoms with Crippen LogP contribution >= 0.6 is 27.5 Å². The zero-order chi connectivity index (χ0) is 16.8. The monoisotopic (exact) mass is 397 g/mol. The lowest BCUT2D eigenvalue weighted by Gasteiger charge is -2.25. The smallest absolute Gasteiger partial charge is 0.264 e. The number of aromatic nitrogens is 3. The Morgan fingerprint density at radius 2 is 2.22 bits per heavy atom. The predicted molar refractivity (Wildman–Crippen MR) is 90.1 cm³/mol. The minimum atomic E-state index is -1.55. The van der Waals surface area contributed by atoms with Gasteiger partial charge in [-0.15, -0.1) is 0 Å². The van der Waals surface area contributed by atoms with E-state index in [1.807, 2.05) is 0 Å². The predicted octanol–water partition coefficient (Wildman–Crippen LogP) is 2.97. The first kappa shape index (κ1) is 16.2. The molecule has 5 nitrogen and oxygen atoms in total. The van der Waals surface area contributed by atoms with Crippen molar-refractivity contribution in [1.82, 2.24) is 13.9 Å². The molecule has 1 aromatic carbocycles. The van der Waals surface area contributed by atoms with Gasteiger partial charge in [-0.1, -0.05) is 22.0 Å². The molecule has 2 aromatic heterocycles. The summed E-state index contributed by atoms with van der Waals surface area (Å²) in [6, 6.07) is 4.42. The maximum absolute atomic E-state index is 14.1. The minimum absolute atomic E-state index is 0.109. The highest BCUT2D eigenvalue weighted by Crippen LogP contribution is 2.27. The Labute approximate surface area is 143 Å². The molecule has 0 bridgehead atoms. The topological polar surface area (TPSA) is 68.0 Å². The summed E-state index contributed by atoms with van der Waals surface area (Å²) in [7, 11) is 0. The van der Waals surface area contributed by atoms with Crippen molar-refractivity contribution in [3.8, 4) is 0 Å². The number of hydrogen-bond acceptors (Lipinski definition) is 5. The summed E-state index contributed by atoms with van der Waals surface area (Å²) in [6.45, 7) is 3.09. The molecule has 1 atom stereocenters. The highest BCUT2D eigenvalue weighted by molar-refractivity contribution is 9.10. The minimum Gasteiger partial charge on any atom is -0.383 e. The summed E-state index contributed by atoms with van der Waals surface area (Å²) in [6.07, 6.45) is 1.35. The van der Waals surface area contributed by atoms with E-state index >= 15 is 0 Å². The van der Waals surface area contributed by atoms with Crippen molar-refractivity contribution >= 4 is 37.7 Å². The second-order valence-corrected chi connectivity index (χ2v) is 7.19. The van der Waals surface area contributed by atoms with Gasteiger partial charge in [0.05, 0.1) is 24.0 Å². The lowest BCUT2D eigenvalue weighted by Crippen LogP contribution is -2.34. The molecule has 0 amide bonds. The van der Waals surface area contributed by atoms with Crippen LogP contribution in [0.4, 0.5) is 4.39 Å².